The fourth-order valence-electron chi connectivity index (χ4n) is 0.828. The Morgan fingerprint density at radius 1 is 1.64 bits per heavy atom. The summed E-state index contributed by atoms with van der Waals surface area (Å²) in [4.78, 5) is 11.3. The van der Waals surface area contributed by atoms with E-state index in [2.05, 4.69) is 0 Å². The van der Waals surface area contributed by atoms with Crippen molar-refractivity contribution in [3.05, 3.63) is 0 Å². The molecule has 3 nitrogen and oxygen atoms in total. The number of Topliss-reactive ketones (excluding diaryl/α,β-unsaturated/α-hetero) is 1. The van der Waals surface area contributed by atoms with Gasteiger partial charge in [-0.3, -0.25) is 4.79 Å². The van der Waals surface area contributed by atoms with E-state index in [9.17, 15) is 4.79 Å². The molecule has 11 heavy (non-hydrogen) atoms. The molecule has 0 aromatic carbocycles. The zero-order valence-electron chi connectivity index (χ0n) is 7.46. The van der Waals surface area contributed by atoms with E-state index in [1.165, 1.54) is 0 Å². The highest BCUT2D eigenvalue weighted by molar-refractivity contribution is 5.85. The van der Waals surface area contributed by atoms with Crippen LogP contribution in [0.2, 0.25) is 0 Å². The summed E-state index contributed by atoms with van der Waals surface area (Å²) in [7, 11) is 1.55. The van der Waals surface area contributed by atoms with Crippen LogP contribution in [-0.4, -0.2) is 25.5 Å². The van der Waals surface area contributed by atoms with Crippen LogP contribution < -0.4 is 5.73 Å². The number of carbonyl (C=O) groups excluding carboxylic acids is 1. The van der Waals surface area contributed by atoms with E-state index < -0.39 is 6.04 Å². The standard InChI is InChI=1S/C8H17NO2/c1-4-6(2)8(10)7(9)5-11-3/h6-7H,4-5,9H2,1-3H3. The number of nitrogens with two attached hydrogens (primary N) is 1. The maximum absolute atomic E-state index is 11.3. The van der Waals surface area contributed by atoms with Gasteiger partial charge in [0.25, 0.3) is 0 Å². The molecule has 0 aromatic rings. The Labute approximate surface area is 67.9 Å². The lowest BCUT2D eigenvalue weighted by Gasteiger charge is -2.13. The van der Waals surface area contributed by atoms with E-state index in [0.29, 0.717) is 6.61 Å². The average Bonchev–Trinajstić information content (AvgIpc) is 2.02. The number of carbonyl (C=O) groups is 1. The van der Waals surface area contributed by atoms with Crippen LogP contribution in [0.25, 0.3) is 0 Å². The lowest BCUT2D eigenvalue weighted by Crippen LogP contribution is -2.38. The van der Waals surface area contributed by atoms with Crippen molar-refractivity contribution in [3.63, 3.8) is 0 Å². The molecule has 2 atom stereocenters. The van der Waals surface area contributed by atoms with Crippen molar-refractivity contribution in [2.45, 2.75) is 26.3 Å². The fraction of sp³-hybridized carbons (Fsp3) is 0.875. The lowest BCUT2D eigenvalue weighted by molar-refractivity contribution is -0.124. The average molecular weight is 159 g/mol. The maximum Gasteiger partial charge on any atom is 0.154 e. The van der Waals surface area contributed by atoms with E-state index >= 15 is 0 Å². The van der Waals surface area contributed by atoms with E-state index in [1.54, 1.807) is 7.11 Å². The Morgan fingerprint density at radius 3 is 2.55 bits per heavy atom. The van der Waals surface area contributed by atoms with Gasteiger partial charge in [-0.1, -0.05) is 13.8 Å². The second-order valence-electron chi connectivity index (χ2n) is 2.77. The number of hydrogen-bond donors (Lipinski definition) is 1. The van der Waals surface area contributed by atoms with Gasteiger partial charge in [-0.2, -0.15) is 0 Å². The third-order valence-electron chi connectivity index (χ3n) is 1.81. The van der Waals surface area contributed by atoms with Gasteiger partial charge in [0.2, 0.25) is 0 Å². The van der Waals surface area contributed by atoms with E-state index in [1.807, 2.05) is 13.8 Å². The van der Waals surface area contributed by atoms with Gasteiger partial charge in [-0.05, 0) is 6.42 Å². The molecular weight excluding hydrogens is 142 g/mol. The quantitative estimate of drug-likeness (QED) is 0.638. The smallest absolute Gasteiger partial charge is 0.154 e. The van der Waals surface area contributed by atoms with Crippen LogP contribution in [0.1, 0.15) is 20.3 Å². The summed E-state index contributed by atoms with van der Waals surface area (Å²) >= 11 is 0. The molecule has 0 saturated heterocycles. The number of hydrogen-bond acceptors (Lipinski definition) is 3. The Kier molecular flexibility index (Phi) is 5.07. The molecule has 2 unspecified atom stereocenters. The molecule has 0 fully saturated rings. The second-order valence-corrected chi connectivity index (χ2v) is 2.77. The first-order chi connectivity index (χ1) is 5.13. The van der Waals surface area contributed by atoms with Gasteiger partial charge in [0.15, 0.2) is 5.78 Å². The molecule has 0 aliphatic heterocycles. The van der Waals surface area contributed by atoms with Gasteiger partial charge in [0.1, 0.15) is 0 Å². The highest BCUT2D eigenvalue weighted by Gasteiger charge is 2.18. The molecule has 0 amide bonds. The molecular formula is C8H17NO2. The van der Waals surface area contributed by atoms with Gasteiger partial charge < -0.3 is 10.5 Å². The zero-order chi connectivity index (χ0) is 8.85. The normalized spacial score (nSPS) is 16.0. The first-order valence-corrected chi connectivity index (χ1v) is 3.91. The summed E-state index contributed by atoms with van der Waals surface area (Å²) in [6.45, 7) is 4.18. The highest BCUT2D eigenvalue weighted by Crippen LogP contribution is 2.04. The van der Waals surface area contributed by atoms with Gasteiger partial charge in [0, 0.05) is 13.0 Å². The van der Waals surface area contributed by atoms with Crippen molar-refractivity contribution in [2.24, 2.45) is 11.7 Å². The first-order valence-electron chi connectivity index (χ1n) is 3.91. The van der Waals surface area contributed by atoms with Crippen LogP contribution in [0, 0.1) is 5.92 Å². The SMILES string of the molecule is CCC(C)C(=O)C(N)COC. The van der Waals surface area contributed by atoms with Gasteiger partial charge >= 0.3 is 0 Å². The second kappa shape index (κ2) is 5.27. The Bertz CT molecular complexity index is 125. The van der Waals surface area contributed by atoms with E-state index in [-0.39, 0.29) is 11.7 Å². The molecule has 0 rings (SSSR count). The van der Waals surface area contributed by atoms with Gasteiger partial charge in [-0.25, -0.2) is 0 Å². The summed E-state index contributed by atoms with van der Waals surface area (Å²) in [5, 5.41) is 0. The van der Waals surface area contributed by atoms with Gasteiger partial charge in [0.05, 0.1) is 12.6 Å². The van der Waals surface area contributed by atoms with Crippen LogP contribution in [0.5, 0.6) is 0 Å². The summed E-state index contributed by atoms with van der Waals surface area (Å²) < 4.78 is 4.77. The monoisotopic (exact) mass is 159 g/mol. The number of ketones is 1. The molecule has 0 spiro atoms. The van der Waals surface area contributed by atoms with Crippen LogP contribution in [-0.2, 0) is 9.53 Å². The summed E-state index contributed by atoms with van der Waals surface area (Å²) in [5.74, 6) is 0.148. The molecule has 0 bridgehead atoms. The molecule has 0 saturated carbocycles. The number of methoxy groups -OCH3 is 1. The Morgan fingerprint density at radius 2 is 2.18 bits per heavy atom. The largest absolute Gasteiger partial charge is 0.383 e. The summed E-state index contributed by atoms with van der Waals surface area (Å²) in [6.07, 6.45) is 0.843. The van der Waals surface area contributed by atoms with Crippen molar-refractivity contribution < 1.29 is 9.53 Å². The lowest BCUT2D eigenvalue weighted by atomic mass is 9.99. The highest BCUT2D eigenvalue weighted by atomic mass is 16.5. The minimum Gasteiger partial charge on any atom is -0.383 e. The zero-order valence-corrected chi connectivity index (χ0v) is 7.46. The molecule has 0 aromatic heterocycles. The third kappa shape index (κ3) is 3.49. The first kappa shape index (κ1) is 10.6. The van der Waals surface area contributed by atoms with Gasteiger partial charge in [-0.15, -0.1) is 0 Å². The van der Waals surface area contributed by atoms with Crippen molar-refractivity contribution in [3.8, 4) is 0 Å². The topological polar surface area (TPSA) is 52.3 Å². The molecule has 0 aliphatic rings. The van der Waals surface area contributed by atoms with Crippen LogP contribution in [0.15, 0.2) is 0 Å². The minimum absolute atomic E-state index is 0.0557. The molecule has 0 aliphatic carbocycles. The van der Waals surface area contributed by atoms with E-state index in [4.69, 9.17) is 10.5 Å². The van der Waals surface area contributed by atoms with Crippen LogP contribution >= 0.6 is 0 Å². The van der Waals surface area contributed by atoms with Crippen molar-refractivity contribution in [1.29, 1.82) is 0 Å². The Balaban J connectivity index is 3.81. The fourth-order valence-corrected chi connectivity index (χ4v) is 0.828. The molecule has 2 N–H and O–H groups in total. The number of ether oxygens (including phenoxy) is 1. The summed E-state index contributed by atoms with van der Waals surface area (Å²) in [5.41, 5.74) is 5.53. The van der Waals surface area contributed by atoms with Crippen LogP contribution in [0.4, 0.5) is 0 Å². The predicted octanol–water partition coefficient (Wildman–Crippen LogP) is 0.575. The predicted molar refractivity (Wildman–Crippen MR) is 44.3 cm³/mol. The van der Waals surface area contributed by atoms with E-state index in [0.717, 1.165) is 6.42 Å². The molecule has 66 valence electrons. The molecule has 3 heteroatoms. The maximum atomic E-state index is 11.3. The molecule has 0 heterocycles. The van der Waals surface area contributed by atoms with Crippen molar-refractivity contribution in [1.82, 2.24) is 0 Å². The number of rotatable bonds is 5. The minimum atomic E-state index is -0.449. The van der Waals surface area contributed by atoms with Crippen molar-refractivity contribution in [2.75, 3.05) is 13.7 Å². The van der Waals surface area contributed by atoms with Crippen LogP contribution in [0.3, 0.4) is 0 Å². The van der Waals surface area contributed by atoms with Crippen molar-refractivity contribution >= 4 is 5.78 Å². The molecule has 0 radical (unpaired) electrons. The Hall–Kier alpha value is -0.410. The third-order valence-corrected chi connectivity index (χ3v) is 1.81. The summed E-state index contributed by atoms with van der Waals surface area (Å²) in [6, 6.07) is -0.449.